The molecule has 78 valence electrons. The predicted octanol–water partition coefficient (Wildman–Crippen LogP) is 0.882. The minimum atomic E-state index is -1.22. The van der Waals surface area contributed by atoms with Gasteiger partial charge in [-0.2, -0.15) is 0 Å². The van der Waals surface area contributed by atoms with Crippen molar-refractivity contribution in [1.29, 1.82) is 0 Å². The van der Waals surface area contributed by atoms with E-state index < -0.39 is 28.4 Å². The van der Waals surface area contributed by atoms with Gasteiger partial charge in [0.05, 0.1) is 6.10 Å². The number of aromatic hydroxyl groups is 2. The smallest absolute Gasteiger partial charge is 0.174 e. The van der Waals surface area contributed by atoms with Gasteiger partial charge in [0.2, 0.25) is 0 Å². The summed E-state index contributed by atoms with van der Waals surface area (Å²) in [5.74, 6) is -2.43. The minimum Gasteiger partial charge on any atom is -0.506 e. The molecule has 0 amide bonds. The highest BCUT2D eigenvalue weighted by Gasteiger charge is 2.19. The van der Waals surface area contributed by atoms with Crippen molar-refractivity contribution in [2.24, 2.45) is 5.73 Å². The maximum atomic E-state index is 12.9. The number of hydrogen-bond acceptors (Lipinski definition) is 4. The fraction of sp³-hybridized carbons (Fsp3) is 0.250. The SMILES string of the molecule is NCC(O)c1cc(F)c(O)c(Cl)c1O. The summed E-state index contributed by atoms with van der Waals surface area (Å²) >= 11 is 5.40. The predicted molar refractivity (Wildman–Crippen MR) is 48.8 cm³/mol. The van der Waals surface area contributed by atoms with E-state index in [0.29, 0.717) is 0 Å². The number of aliphatic hydroxyl groups is 1. The molecule has 0 saturated heterocycles. The second kappa shape index (κ2) is 4.00. The molecule has 14 heavy (non-hydrogen) atoms. The standard InChI is InChI=1S/C8H9ClFNO3/c9-6-7(13)3(5(12)2-11)1-4(10)8(6)14/h1,5,12-14H,2,11H2. The first-order valence-electron chi connectivity index (χ1n) is 3.77. The Kier molecular flexibility index (Phi) is 3.15. The molecule has 0 aliphatic carbocycles. The molecule has 0 aromatic heterocycles. The number of rotatable bonds is 2. The Morgan fingerprint density at radius 3 is 2.50 bits per heavy atom. The molecular weight excluding hydrogens is 213 g/mol. The third-order valence-corrected chi connectivity index (χ3v) is 2.14. The summed E-state index contributed by atoms with van der Waals surface area (Å²) < 4.78 is 12.9. The Hall–Kier alpha value is -1.04. The molecule has 0 aliphatic rings. The van der Waals surface area contributed by atoms with Crippen molar-refractivity contribution in [1.82, 2.24) is 0 Å². The molecular formula is C8H9ClFNO3. The van der Waals surface area contributed by atoms with E-state index >= 15 is 0 Å². The number of nitrogens with two attached hydrogens (primary N) is 1. The highest BCUT2D eigenvalue weighted by molar-refractivity contribution is 6.33. The van der Waals surface area contributed by atoms with Gasteiger partial charge >= 0.3 is 0 Å². The number of phenols is 2. The van der Waals surface area contributed by atoms with Gasteiger partial charge in [-0.15, -0.1) is 0 Å². The van der Waals surface area contributed by atoms with E-state index in [2.05, 4.69) is 0 Å². The number of halogens is 2. The molecule has 4 nitrogen and oxygen atoms in total. The van der Waals surface area contributed by atoms with Gasteiger partial charge in [0, 0.05) is 12.1 Å². The Balaban J connectivity index is 3.33. The van der Waals surface area contributed by atoms with E-state index in [1.807, 2.05) is 0 Å². The van der Waals surface area contributed by atoms with Gasteiger partial charge in [-0.3, -0.25) is 0 Å². The molecule has 0 saturated carbocycles. The van der Waals surface area contributed by atoms with Crippen molar-refractivity contribution in [3.05, 3.63) is 22.5 Å². The van der Waals surface area contributed by atoms with Crippen LogP contribution in [0.5, 0.6) is 11.5 Å². The first kappa shape index (κ1) is 11.0. The Labute approximate surface area is 84.4 Å². The molecule has 1 rings (SSSR count). The van der Waals surface area contributed by atoms with Crippen LogP contribution < -0.4 is 5.73 Å². The van der Waals surface area contributed by atoms with Crippen LogP contribution >= 0.6 is 11.6 Å². The largest absolute Gasteiger partial charge is 0.506 e. The van der Waals surface area contributed by atoms with Crippen LogP contribution in [0.3, 0.4) is 0 Å². The number of phenolic OH excluding ortho intramolecular Hbond substituents is 2. The second-order valence-corrected chi connectivity index (χ2v) is 3.09. The van der Waals surface area contributed by atoms with Crippen LogP contribution in [-0.2, 0) is 0 Å². The molecule has 6 heteroatoms. The van der Waals surface area contributed by atoms with Gasteiger partial charge in [-0.05, 0) is 6.07 Å². The number of benzene rings is 1. The Bertz CT molecular complexity index is 359. The third-order valence-electron chi connectivity index (χ3n) is 1.78. The fourth-order valence-electron chi connectivity index (χ4n) is 0.998. The van der Waals surface area contributed by atoms with E-state index in [1.54, 1.807) is 0 Å². The molecule has 1 unspecified atom stereocenters. The lowest BCUT2D eigenvalue weighted by molar-refractivity contribution is 0.182. The first-order chi connectivity index (χ1) is 6.49. The monoisotopic (exact) mass is 221 g/mol. The third kappa shape index (κ3) is 1.75. The molecule has 0 radical (unpaired) electrons. The Morgan fingerprint density at radius 1 is 1.43 bits per heavy atom. The van der Waals surface area contributed by atoms with Gasteiger partial charge in [0.15, 0.2) is 11.6 Å². The van der Waals surface area contributed by atoms with Crippen LogP contribution in [0.2, 0.25) is 5.02 Å². The van der Waals surface area contributed by atoms with E-state index in [1.165, 1.54) is 0 Å². The summed E-state index contributed by atoms with van der Waals surface area (Å²) in [7, 11) is 0. The second-order valence-electron chi connectivity index (χ2n) is 2.71. The van der Waals surface area contributed by atoms with Crippen molar-refractivity contribution < 1.29 is 19.7 Å². The molecule has 0 bridgehead atoms. The van der Waals surface area contributed by atoms with Crippen molar-refractivity contribution in [2.75, 3.05) is 6.54 Å². The van der Waals surface area contributed by atoms with E-state index in [4.69, 9.17) is 22.4 Å². The zero-order valence-corrected chi connectivity index (χ0v) is 7.79. The topological polar surface area (TPSA) is 86.7 Å². The van der Waals surface area contributed by atoms with Crippen LogP contribution in [-0.4, -0.2) is 21.9 Å². The van der Waals surface area contributed by atoms with Gasteiger partial charge in [-0.25, -0.2) is 4.39 Å². The van der Waals surface area contributed by atoms with Crippen LogP contribution in [0.4, 0.5) is 4.39 Å². The van der Waals surface area contributed by atoms with E-state index in [0.717, 1.165) is 6.07 Å². The molecule has 1 atom stereocenters. The van der Waals surface area contributed by atoms with Crippen LogP contribution in [0.25, 0.3) is 0 Å². The molecule has 0 heterocycles. The minimum absolute atomic E-state index is 0.146. The van der Waals surface area contributed by atoms with Crippen LogP contribution in [0.15, 0.2) is 6.07 Å². The van der Waals surface area contributed by atoms with E-state index in [9.17, 15) is 14.6 Å². The summed E-state index contributed by atoms with van der Waals surface area (Å²) in [6.07, 6.45) is -1.22. The highest BCUT2D eigenvalue weighted by Crippen LogP contribution is 2.39. The van der Waals surface area contributed by atoms with E-state index in [-0.39, 0.29) is 12.1 Å². The molecule has 0 fully saturated rings. The molecule has 1 aromatic rings. The van der Waals surface area contributed by atoms with Gasteiger partial charge < -0.3 is 21.1 Å². The quantitative estimate of drug-likeness (QED) is 0.597. The fourth-order valence-corrected chi connectivity index (χ4v) is 1.20. The van der Waals surface area contributed by atoms with Crippen molar-refractivity contribution in [3.63, 3.8) is 0 Å². The Morgan fingerprint density at radius 2 is 2.00 bits per heavy atom. The molecule has 5 N–H and O–H groups in total. The first-order valence-corrected chi connectivity index (χ1v) is 4.14. The van der Waals surface area contributed by atoms with Crippen molar-refractivity contribution >= 4 is 11.6 Å². The zero-order valence-electron chi connectivity index (χ0n) is 7.04. The van der Waals surface area contributed by atoms with Gasteiger partial charge in [0.25, 0.3) is 0 Å². The molecule has 0 aliphatic heterocycles. The number of aliphatic hydroxyl groups excluding tert-OH is 1. The summed E-state index contributed by atoms with van der Waals surface area (Å²) in [4.78, 5) is 0. The average molecular weight is 222 g/mol. The maximum Gasteiger partial charge on any atom is 0.174 e. The number of hydrogen-bond donors (Lipinski definition) is 4. The van der Waals surface area contributed by atoms with Crippen molar-refractivity contribution in [3.8, 4) is 11.5 Å². The summed E-state index contributed by atoms with van der Waals surface area (Å²) in [5, 5.41) is 27.0. The maximum absolute atomic E-state index is 12.9. The lowest BCUT2D eigenvalue weighted by Gasteiger charge is -2.12. The normalized spacial score (nSPS) is 12.9. The molecule has 0 spiro atoms. The van der Waals surface area contributed by atoms with Crippen LogP contribution in [0, 0.1) is 5.82 Å². The zero-order chi connectivity index (χ0) is 10.9. The summed E-state index contributed by atoms with van der Waals surface area (Å²) in [6, 6.07) is 0.786. The molecule has 1 aromatic carbocycles. The van der Waals surface area contributed by atoms with Crippen molar-refractivity contribution in [2.45, 2.75) is 6.10 Å². The highest BCUT2D eigenvalue weighted by atomic mass is 35.5. The van der Waals surface area contributed by atoms with Crippen LogP contribution in [0.1, 0.15) is 11.7 Å². The summed E-state index contributed by atoms with van der Waals surface area (Å²) in [6.45, 7) is -0.186. The van der Waals surface area contributed by atoms with Gasteiger partial charge in [-0.1, -0.05) is 11.6 Å². The lowest BCUT2D eigenvalue weighted by Crippen LogP contribution is -2.12. The lowest BCUT2D eigenvalue weighted by atomic mass is 10.1. The average Bonchev–Trinajstić information content (AvgIpc) is 2.19. The van der Waals surface area contributed by atoms with Gasteiger partial charge in [0.1, 0.15) is 10.8 Å². The summed E-state index contributed by atoms with van der Waals surface area (Å²) in [5.41, 5.74) is 4.98.